The molecule has 8 heteroatoms. The first-order valence-corrected chi connectivity index (χ1v) is 8.93. The summed E-state index contributed by atoms with van der Waals surface area (Å²) in [6.45, 7) is 4.40. The van der Waals surface area contributed by atoms with E-state index in [2.05, 4.69) is 10.6 Å². The van der Waals surface area contributed by atoms with Crippen molar-refractivity contribution in [2.45, 2.75) is 33.0 Å². The molecule has 0 saturated heterocycles. The van der Waals surface area contributed by atoms with Crippen LogP contribution in [-0.2, 0) is 19.1 Å². The van der Waals surface area contributed by atoms with Crippen molar-refractivity contribution < 1.29 is 23.9 Å². The van der Waals surface area contributed by atoms with E-state index < -0.39 is 24.1 Å². The van der Waals surface area contributed by atoms with Crippen molar-refractivity contribution in [3.63, 3.8) is 0 Å². The largest absolute Gasteiger partial charge is 0.479 e. The lowest BCUT2D eigenvalue weighted by molar-refractivity contribution is -0.159. The first kappa shape index (κ1) is 21.2. The van der Waals surface area contributed by atoms with Gasteiger partial charge in [0.05, 0.1) is 0 Å². The van der Waals surface area contributed by atoms with Crippen LogP contribution in [0.25, 0.3) is 0 Å². The highest BCUT2D eigenvalue weighted by molar-refractivity contribution is 6.30. The SMILES string of the molecule is CC(=O)Nc1ccc(NC(=O)[C@@H](C)OC(=O)[C@H](C)Oc2ccc(Cl)cc2)cc1. The van der Waals surface area contributed by atoms with Crippen molar-refractivity contribution >= 4 is 40.8 Å². The number of ether oxygens (including phenoxy) is 2. The molecule has 0 saturated carbocycles. The molecule has 0 heterocycles. The van der Waals surface area contributed by atoms with Crippen LogP contribution < -0.4 is 15.4 Å². The van der Waals surface area contributed by atoms with E-state index in [1.165, 1.54) is 20.8 Å². The van der Waals surface area contributed by atoms with Gasteiger partial charge in [0, 0.05) is 23.3 Å². The Balaban J connectivity index is 1.85. The van der Waals surface area contributed by atoms with Gasteiger partial charge in [-0.25, -0.2) is 4.79 Å². The number of hydrogen-bond acceptors (Lipinski definition) is 5. The summed E-state index contributed by atoms with van der Waals surface area (Å²) in [4.78, 5) is 35.4. The normalized spacial score (nSPS) is 12.4. The summed E-state index contributed by atoms with van der Waals surface area (Å²) in [5, 5.41) is 5.82. The van der Waals surface area contributed by atoms with Gasteiger partial charge in [0.2, 0.25) is 5.91 Å². The monoisotopic (exact) mass is 404 g/mol. The number of benzene rings is 2. The minimum Gasteiger partial charge on any atom is -0.479 e. The predicted octanol–water partition coefficient (Wildman–Crippen LogP) is 3.64. The van der Waals surface area contributed by atoms with Crippen molar-refractivity contribution in [1.29, 1.82) is 0 Å². The number of amides is 2. The molecule has 2 atom stereocenters. The zero-order valence-corrected chi connectivity index (χ0v) is 16.4. The molecule has 148 valence electrons. The maximum absolute atomic E-state index is 12.2. The molecule has 0 aliphatic carbocycles. The number of hydrogen-bond donors (Lipinski definition) is 2. The van der Waals surface area contributed by atoms with Crippen molar-refractivity contribution in [3.05, 3.63) is 53.6 Å². The van der Waals surface area contributed by atoms with Crippen LogP contribution in [0.4, 0.5) is 11.4 Å². The summed E-state index contributed by atoms with van der Waals surface area (Å²) in [5.41, 5.74) is 1.12. The van der Waals surface area contributed by atoms with Crippen LogP contribution in [0.3, 0.4) is 0 Å². The average Bonchev–Trinajstić information content (AvgIpc) is 2.64. The number of esters is 1. The van der Waals surface area contributed by atoms with Gasteiger partial charge in [-0.15, -0.1) is 0 Å². The number of carbonyl (C=O) groups is 3. The van der Waals surface area contributed by atoms with E-state index in [0.29, 0.717) is 22.1 Å². The van der Waals surface area contributed by atoms with Crippen molar-refractivity contribution in [3.8, 4) is 5.75 Å². The third kappa shape index (κ3) is 6.59. The van der Waals surface area contributed by atoms with E-state index in [-0.39, 0.29) is 5.91 Å². The maximum Gasteiger partial charge on any atom is 0.347 e. The van der Waals surface area contributed by atoms with Gasteiger partial charge in [0.25, 0.3) is 5.91 Å². The fourth-order valence-corrected chi connectivity index (χ4v) is 2.30. The van der Waals surface area contributed by atoms with Gasteiger partial charge in [0.15, 0.2) is 12.2 Å². The second kappa shape index (κ2) is 9.75. The molecule has 2 N–H and O–H groups in total. The highest BCUT2D eigenvalue weighted by Gasteiger charge is 2.23. The van der Waals surface area contributed by atoms with E-state index >= 15 is 0 Å². The van der Waals surface area contributed by atoms with Crippen LogP contribution in [0, 0.1) is 0 Å². The molecule has 2 aromatic carbocycles. The highest BCUT2D eigenvalue weighted by Crippen LogP contribution is 2.18. The van der Waals surface area contributed by atoms with Crippen LogP contribution in [0.5, 0.6) is 5.75 Å². The molecule has 7 nitrogen and oxygen atoms in total. The van der Waals surface area contributed by atoms with Crippen molar-refractivity contribution in [1.82, 2.24) is 0 Å². The van der Waals surface area contributed by atoms with E-state index in [4.69, 9.17) is 21.1 Å². The Morgan fingerprint density at radius 1 is 0.857 bits per heavy atom. The quantitative estimate of drug-likeness (QED) is 0.687. The predicted molar refractivity (Wildman–Crippen MR) is 106 cm³/mol. The smallest absolute Gasteiger partial charge is 0.347 e. The first-order valence-electron chi connectivity index (χ1n) is 8.56. The van der Waals surface area contributed by atoms with Gasteiger partial charge in [-0.3, -0.25) is 9.59 Å². The molecule has 2 amide bonds. The summed E-state index contributed by atoms with van der Waals surface area (Å²) < 4.78 is 10.6. The van der Waals surface area contributed by atoms with Gasteiger partial charge in [0.1, 0.15) is 5.75 Å². The van der Waals surface area contributed by atoms with Gasteiger partial charge in [-0.05, 0) is 62.4 Å². The van der Waals surface area contributed by atoms with Crippen LogP contribution in [0.1, 0.15) is 20.8 Å². The molecule has 2 aromatic rings. The standard InChI is InChI=1S/C20H21ClN2O5/c1-12(19(25)23-17-8-6-16(7-9-17)22-14(3)24)28-20(26)13(2)27-18-10-4-15(21)5-11-18/h4-13H,1-3H3,(H,22,24)(H,23,25)/t12-,13+/m1/s1. The molecule has 0 unspecified atom stereocenters. The fraction of sp³-hybridized carbons (Fsp3) is 0.250. The Hall–Kier alpha value is -3.06. The summed E-state index contributed by atoms with van der Waals surface area (Å²) >= 11 is 5.80. The highest BCUT2D eigenvalue weighted by atomic mass is 35.5. The van der Waals surface area contributed by atoms with Crippen LogP contribution in [0.2, 0.25) is 5.02 Å². The molecular formula is C20H21ClN2O5. The third-order valence-corrected chi connectivity index (χ3v) is 3.85. The molecule has 0 bridgehead atoms. The molecule has 0 aliphatic heterocycles. The lowest BCUT2D eigenvalue weighted by Gasteiger charge is -2.18. The number of anilines is 2. The number of rotatable bonds is 7. The topological polar surface area (TPSA) is 93.7 Å². The lowest BCUT2D eigenvalue weighted by atomic mass is 10.2. The molecular weight excluding hydrogens is 384 g/mol. The van der Waals surface area contributed by atoms with E-state index in [9.17, 15) is 14.4 Å². The van der Waals surface area contributed by atoms with E-state index in [1.54, 1.807) is 48.5 Å². The zero-order chi connectivity index (χ0) is 20.7. The van der Waals surface area contributed by atoms with Crippen LogP contribution in [0.15, 0.2) is 48.5 Å². The van der Waals surface area contributed by atoms with Gasteiger partial charge in [-0.2, -0.15) is 0 Å². The Morgan fingerprint density at radius 3 is 1.93 bits per heavy atom. The Bertz CT molecular complexity index is 837. The fourth-order valence-electron chi connectivity index (χ4n) is 2.17. The third-order valence-electron chi connectivity index (χ3n) is 3.59. The second-order valence-electron chi connectivity index (χ2n) is 6.04. The summed E-state index contributed by atoms with van der Waals surface area (Å²) in [6, 6.07) is 13.1. The molecule has 0 radical (unpaired) electrons. The van der Waals surface area contributed by atoms with Crippen LogP contribution >= 0.6 is 11.6 Å². The van der Waals surface area contributed by atoms with Gasteiger partial charge < -0.3 is 20.1 Å². The van der Waals surface area contributed by atoms with Gasteiger partial charge in [-0.1, -0.05) is 11.6 Å². The zero-order valence-electron chi connectivity index (χ0n) is 15.7. The average molecular weight is 405 g/mol. The molecule has 28 heavy (non-hydrogen) atoms. The number of nitrogens with one attached hydrogen (secondary N) is 2. The Morgan fingerprint density at radius 2 is 1.39 bits per heavy atom. The minimum absolute atomic E-state index is 0.188. The molecule has 2 rings (SSSR count). The number of carbonyl (C=O) groups excluding carboxylic acids is 3. The second-order valence-corrected chi connectivity index (χ2v) is 6.48. The first-order chi connectivity index (χ1) is 13.2. The maximum atomic E-state index is 12.2. The van der Waals surface area contributed by atoms with Crippen molar-refractivity contribution in [2.75, 3.05) is 10.6 Å². The lowest BCUT2D eigenvalue weighted by Crippen LogP contribution is -2.35. The summed E-state index contributed by atoms with van der Waals surface area (Å²) in [5.74, 6) is -0.879. The molecule has 0 spiro atoms. The Kier molecular flexibility index (Phi) is 7.40. The van der Waals surface area contributed by atoms with Crippen LogP contribution in [-0.4, -0.2) is 30.0 Å². The van der Waals surface area contributed by atoms with Crippen molar-refractivity contribution in [2.24, 2.45) is 0 Å². The van der Waals surface area contributed by atoms with E-state index in [1.807, 2.05) is 0 Å². The minimum atomic E-state index is -1.02. The Labute approximate surface area is 168 Å². The van der Waals surface area contributed by atoms with Gasteiger partial charge >= 0.3 is 5.97 Å². The van der Waals surface area contributed by atoms with E-state index in [0.717, 1.165) is 0 Å². The molecule has 0 fully saturated rings. The molecule has 0 aliphatic rings. The summed E-state index contributed by atoms with van der Waals surface area (Å²) in [7, 11) is 0. The summed E-state index contributed by atoms with van der Waals surface area (Å²) in [6.07, 6.45) is -1.91. The number of halogens is 1. The molecule has 0 aromatic heterocycles.